The summed E-state index contributed by atoms with van der Waals surface area (Å²) >= 11 is 0. The Kier molecular flexibility index (Phi) is 5.54. The van der Waals surface area contributed by atoms with Crippen LogP contribution in [-0.2, 0) is 0 Å². The number of aromatic nitrogens is 2. The van der Waals surface area contributed by atoms with Crippen molar-refractivity contribution in [1.82, 2.24) is 15.3 Å². The fourth-order valence-corrected chi connectivity index (χ4v) is 3.10. The highest BCUT2D eigenvalue weighted by molar-refractivity contribution is 5.95. The molecule has 0 bridgehead atoms. The number of nitrogens with one attached hydrogen (secondary N) is 1. The van der Waals surface area contributed by atoms with Crippen molar-refractivity contribution >= 4 is 11.7 Å². The molecule has 4 rings (SSSR count). The average molecular weight is 400 g/mol. The van der Waals surface area contributed by atoms with Gasteiger partial charge in [0.05, 0.1) is 37.1 Å². The molecular weight excluding hydrogens is 380 g/mol. The van der Waals surface area contributed by atoms with Crippen LogP contribution in [0.15, 0.2) is 83.8 Å². The van der Waals surface area contributed by atoms with Crippen LogP contribution < -0.4 is 11.1 Å². The molecule has 0 saturated heterocycles. The van der Waals surface area contributed by atoms with Gasteiger partial charge in [-0.1, -0.05) is 42.5 Å². The normalized spacial score (nSPS) is 11.8. The van der Waals surface area contributed by atoms with E-state index in [4.69, 9.17) is 10.2 Å². The summed E-state index contributed by atoms with van der Waals surface area (Å²) in [5.41, 5.74) is 10.0. The van der Waals surface area contributed by atoms with Crippen molar-refractivity contribution in [3.8, 4) is 22.5 Å². The number of nitrogens with two attached hydrogens (primary N) is 1. The minimum absolute atomic E-state index is 0.194. The van der Waals surface area contributed by atoms with Gasteiger partial charge in [0.15, 0.2) is 0 Å². The number of rotatable bonds is 6. The second-order valence-corrected chi connectivity index (χ2v) is 6.70. The number of hydrogen-bond donors (Lipinski definition) is 3. The Balaban J connectivity index is 1.54. The van der Waals surface area contributed by atoms with Crippen LogP contribution in [0.4, 0.5) is 5.82 Å². The molecule has 2 aromatic carbocycles. The van der Waals surface area contributed by atoms with Crippen LogP contribution >= 0.6 is 0 Å². The van der Waals surface area contributed by atoms with Crippen LogP contribution in [0.25, 0.3) is 22.5 Å². The van der Waals surface area contributed by atoms with Crippen LogP contribution in [0.1, 0.15) is 22.0 Å². The number of benzene rings is 2. The van der Waals surface area contributed by atoms with E-state index in [0.717, 1.165) is 16.7 Å². The third kappa shape index (κ3) is 4.06. The molecule has 2 aromatic heterocycles. The topological polar surface area (TPSA) is 114 Å². The lowest BCUT2D eigenvalue weighted by Crippen LogP contribution is -2.30. The van der Waals surface area contributed by atoms with Gasteiger partial charge in [-0.25, -0.2) is 9.97 Å². The lowest BCUT2D eigenvalue weighted by Gasteiger charge is -2.17. The van der Waals surface area contributed by atoms with Crippen molar-refractivity contribution in [2.24, 2.45) is 0 Å². The zero-order chi connectivity index (χ0) is 20.9. The van der Waals surface area contributed by atoms with E-state index in [1.807, 2.05) is 30.3 Å². The van der Waals surface area contributed by atoms with Crippen molar-refractivity contribution in [3.05, 3.63) is 90.5 Å². The van der Waals surface area contributed by atoms with Crippen LogP contribution in [0, 0.1) is 0 Å². The number of furan rings is 1. The standard InChI is InChI=1S/C23H20N4O3/c24-22-21(26-19(12-25-22)18-10-11-30-14-18)16-6-8-17(9-7-16)23(29)27-20(13-28)15-4-2-1-3-5-15/h1-12,14,20,28H,13H2,(H2,24,25)(H,27,29)/t20-/m1/s1. The third-order valence-electron chi connectivity index (χ3n) is 4.73. The molecule has 0 fully saturated rings. The number of hydrogen-bond acceptors (Lipinski definition) is 6. The van der Waals surface area contributed by atoms with Gasteiger partial charge in [-0.15, -0.1) is 0 Å². The molecule has 0 aliphatic rings. The zero-order valence-electron chi connectivity index (χ0n) is 16.0. The summed E-state index contributed by atoms with van der Waals surface area (Å²) in [6.07, 6.45) is 4.74. The maximum absolute atomic E-state index is 12.6. The van der Waals surface area contributed by atoms with E-state index in [2.05, 4.69) is 15.3 Å². The lowest BCUT2D eigenvalue weighted by atomic mass is 10.1. The van der Waals surface area contributed by atoms with Gasteiger partial charge in [-0.05, 0) is 23.8 Å². The van der Waals surface area contributed by atoms with E-state index in [1.54, 1.807) is 49.1 Å². The number of amides is 1. The molecule has 0 unspecified atom stereocenters. The van der Waals surface area contributed by atoms with Crippen LogP contribution in [0.2, 0.25) is 0 Å². The number of carbonyl (C=O) groups excluding carboxylic acids is 1. The van der Waals surface area contributed by atoms with Crippen molar-refractivity contribution in [2.75, 3.05) is 12.3 Å². The number of anilines is 1. The van der Waals surface area contributed by atoms with Crippen molar-refractivity contribution < 1.29 is 14.3 Å². The van der Waals surface area contributed by atoms with E-state index in [-0.39, 0.29) is 12.5 Å². The molecule has 0 radical (unpaired) electrons. The number of aliphatic hydroxyl groups is 1. The van der Waals surface area contributed by atoms with Crippen molar-refractivity contribution in [2.45, 2.75) is 6.04 Å². The largest absolute Gasteiger partial charge is 0.472 e. The highest BCUT2D eigenvalue weighted by atomic mass is 16.3. The number of carbonyl (C=O) groups is 1. The first-order valence-corrected chi connectivity index (χ1v) is 9.38. The van der Waals surface area contributed by atoms with Gasteiger partial charge in [-0.3, -0.25) is 4.79 Å². The third-order valence-corrected chi connectivity index (χ3v) is 4.73. The van der Waals surface area contributed by atoms with E-state index in [0.29, 0.717) is 22.8 Å². The Morgan fingerprint density at radius 3 is 2.50 bits per heavy atom. The quantitative estimate of drug-likeness (QED) is 0.457. The van der Waals surface area contributed by atoms with Gasteiger partial charge in [-0.2, -0.15) is 0 Å². The van der Waals surface area contributed by atoms with E-state index >= 15 is 0 Å². The number of nitrogens with zero attached hydrogens (tertiary/aromatic N) is 2. The lowest BCUT2D eigenvalue weighted by molar-refractivity contribution is 0.0916. The molecule has 30 heavy (non-hydrogen) atoms. The molecule has 4 aromatic rings. The summed E-state index contributed by atoms with van der Waals surface area (Å²) in [5.74, 6) is 0.0134. The summed E-state index contributed by atoms with van der Waals surface area (Å²) in [6, 6.07) is 17.6. The predicted molar refractivity (Wildman–Crippen MR) is 113 cm³/mol. The summed E-state index contributed by atoms with van der Waals surface area (Å²) in [6.45, 7) is -0.194. The molecule has 2 heterocycles. The van der Waals surface area contributed by atoms with Gasteiger partial charge in [0.2, 0.25) is 0 Å². The van der Waals surface area contributed by atoms with Crippen LogP contribution in [-0.4, -0.2) is 27.6 Å². The Morgan fingerprint density at radius 2 is 1.83 bits per heavy atom. The van der Waals surface area contributed by atoms with Crippen molar-refractivity contribution in [3.63, 3.8) is 0 Å². The van der Waals surface area contributed by atoms with E-state index in [9.17, 15) is 9.90 Å². The number of aliphatic hydroxyl groups excluding tert-OH is 1. The van der Waals surface area contributed by atoms with Crippen LogP contribution in [0.3, 0.4) is 0 Å². The van der Waals surface area contributed by atoms with Gasteiger partial charge in [0.1, 0.15) is 11.5 Å². The zero-order valence-corrected chi connectivity index (χ0v) is 16.0. The molecular formula is C23H20N4O3. The maximum Gasteiger partial charge on any atom is 0.251 e. The monoisotopic (exact) mass is 400 g/mol. The molecule has 0 aliphatic carbocycles. The molecule has 1 atom stereocenters. The molecule has 0 spiro atoms. The fraction of sp³-hybridized carbons (Fsp3) is 0.0870. The van der Waals surface area contributed by atoms with Gasteiger partial charge < -0.3 is 20.6 Å². The van der Waals surface area contributed by atoms with Crippen molar-refractivity contribution in [1.29, 1.82) is 0 Å². The van der Waals surface area contributed by atoms with Gasteiger partial charge in [0, 0.05) is 16.7 Å². The highest BCUT2D eigenvalue weighted by Crippen LogP contribution is 2.26. The second-order valence-electron chi connectivity index (χ2n) is 6.70. The number of nitrogen functional groups attached to an aromatic ring is 1. The summed E-state index contributed by atoms with van der Waals surface area (Å²) in [5, 5.41) is 12.5. The van der Waals surface area contributed by atoms with Crippen LogP contribution in [0.5, 0.6) is 0 Å². The highest BCUT2D eigenvalue weighted by Gasteiger charge is 2.16. The fourth-order valence-electron chi connectivity index (χ4n) is 3.10. The summed E-state index contributed by atoms with van der Waals surface area (Å²) in [4.78, 5) is 21.4. The molecule has 7 nitrogen and oxygen atoms in total. The molecule has 0 saturated carbocycles. The first kappa shape index (κ1) is 19.4. The second kappa shape index (κ2) is 8.59. The Hall–Kier alpha value is -3.97. The Morgan fingerprint density at radius 1 is 1.07 bits per heavy atom. The van der Waals surface area contributed by atoms with E-state index < -0.39 is 6.04 Å². The minimum atomic E-state index is -0.480. The van der Waals surface area contributed by atoms with Gasteiger partial charge >= 0.3 is 0 Å². The Bertz CT molecular complexity index is 1130. The molecule has 0 aliphatic heterocycles. The molecule has 7 heteroatoms. The smallest absolute Gasteiger partial charge is 0.251 e. The average Bonchev–Trinajstić information content (AvgIpc) is 3.33. The molecule has 1 amide bonds. The maximum atomic E-state index is 12.6. The predicted octanol–water partition coefficient (Wildman–Crippen LogP) is 3.45. The minimum Gasteiger partial charge on any atom is -0.472 e. The summed E-state index contributed by atoms with van der Waals surface area (Å²) < 4.78 is 5.10. The molecule has 150 valence electrons. The Labute approximate surface area is 173 Å². The first-order chi connectivity index (χ1) is 14.7. The van der Waals surface area contributed by atoms with E-state index in [1.165, 1.54) is 0 Å². The first-order valence-electron chi connectivity index (χ1n) is 9.38. The summed E-state index contributed by atoms with van der Waals surface area (Å²) in [7, 11) is 0. The van der Waals surface area contributed by atoms with Gasteiger partial charge in [0.25, 0.3) is 5.91 Å². The SMILES string of the molecule is Nc1ncc(-c2ccoc2)nc1-c1ccc(C(=O)N[C@H](CO)c2ccccc2)cc1. The molecule has 4 N–H and O–H groups in total.